The average molecular weight is 285 g/mol. The molecule has 0 saturated heterocycles. The zero-order chi connectivity index (χ0) is 15.2. The van der Waals surface area contributed by atoms with Gasteiger partial charge in [0.25, 0.3) is 0 Å². The van der Waals surface area contributed by atoms with Gasteiger partial charge in [-0.3, -0.25) is 4.79 Å². The van der Waals surface area contributed by atoms with Gasteiger partial charge in [0.2, 0.25) is 5.91 Å². The van der Waals surface area contributed by atoms with Crippen molar-refractivity contribution in [1.29, 1.82) is 0 Å². The monoisotopic (exact) mass is 285 g/mol. The van der Waals surface area contributed by atoms with Crippen LogP contribution in [0, 0.1) is 0 Å². The number of primary amides is 1. The third-order valence-electron chi connectivity index (χ3n) is 3.60. The van der Waals surface area contributed by atoms with E-state index in [0.717, 1.165) is 25.7 Å². The summed E-state index contributed by atoms with van der Waals surface area (Å²) in [5, 5.41) is 14.5. The van der Waals surface area contributed by atoms with Crippen molar-refractivity contribution in [1.82, 2.24) is 10.6 Å². The highest BCUT2D eigenvalue weighted by molar-refractivity contribution is 5.86. The maximum Gasteiger partial charge on any atom is 0.329 e. The van der Waals surface area contributed by atoms with Crippen LogP contribution in [0.5, 0.6) is 0 Å². The molecule has 5 N–H and O–H groups in total. The molecule has 7 nitrogen and oxygen atoms in total. The molecule has 1 aliphatic carbocycles. The van der Waals surface area contributed by atoms with Crippen molar-refractivity contribution in [2.75, 3.05) is 0 Å². The van der Waals surface area contributed by atoms with Crippen molar-refractivity contribution in [3.63, 3.8) is 0 Å². The predicted molar refractivity (Wildman–Crippen MR) is 73.0 cm³/mol. The Morgan fingerprint density at radius 2 is 1.75 bits per heavy atom. The Morgan fingerprint density at radius 3 is 2.20 bits per heavy atom. The highest BCUT2D eigenvalue weighted by Gasteiger charge is 2.40. The van der Waals surface area contributed by atoms with Gasteiger partial charge in [-0.25, -0.2) is 9.59 Å². The number of nitrogens with two attached hydrogens (primary N) is 1. The lowest BCUT2D eigenvalue weighted by molar-refractivity contribution is -0.145. The van der Waals surface area contributed by atoms with E-state index in [2.05, 4.69) is 10.6 Å². The third-order valence-corrected chi connectivity index (χ3v) is 3.60. The minimum absolute atomic E-state index is 0.0213. The number of hydrogen-bond donors (Lipinski definition) is 4. The summed E-state index contributed by atoms with van der Waals surface area (Å²) < 4.78 is 0. The lowest BCUT2D eigenvalue weighted by atomic mass is 9.90. The summed E-state index contributed by atoms with van der Waals surface area (Å²) >= 11 is 0. The SMILES string of the molecule is CC(CC(N)=O)NC(=O)NC1(C(=O)O)CCCCCC1. The Balaban J connectivity index is 2.63. The van der Waals surface area contributed by atoms with Crippen molar-refractivity contribution in [3.05, 3.63) is 0 Å². The predicted octanol–water partition coefficient (Wildman–Crippen LogP) is 0.727. The fourth-order valence-corrected chi connectivity index (χ4v) is 2.55. The molecule has 0 radical (unpaired) electrons. The first-order chi connectivity index (χ1) is 9.35. The first kappa shape index (κ1) is 16.3. The van der Waals surface area contributed by atoms with Crippen molar-refractivity contribution in [3.8, 4) is 0 Å². The van der Waals surface area contributed by atoms with Gasteiger partial charge in [0.15, 0.2) is 0 Å². The molecule has 0 aliphatic heterocycles. The van der Waals surface area contributed by atoms with Crippen LogP contribution in [-0.2, 0) is 9.59 Å². The van der Waals surface area contributed by atoms with Crippen LogP contribution < -0.4 is 16.4 Å². The molecular weight excluding hydrogens is 262 g/mol. The zero-order valence-corrected chi connectivity index (χ0v) is 11.8. The van der Waals surface area contributed by atoms with Gasteiger partial charge in [-0.1, -0.05) is 25.7 Å². The molecule has 1 unspecified atom stereocenters. The van der Waals surface area contributed by atoms with Crippen molar-refractivity contribution >= 4 is 17.9 Å². The van der Waals surface area contributed by atoms with Crippen LogP contribution in [0.15, 0.2) is 0 Å². The maximum atomic E-state index is 11.9. The van der Waals surface area contributed by atoms with E-state index < -0.39 is 29.5 Å². The van der Waals surface area contributed by atoms with Crippen LogP contribution in [-0.4, -0.2) is 34.6 Å². The van der Waals surface area contributed by atoms with Gasteiger partial charge < -0.3 is 21.5 Å². The van der Waals surface area contributed by atoms with E-state index in [1.807, 2.05) is 0 Å². The fraction of sp³-hybridized carbons (Fsp3) is 0.769. The summed E-state index contributed by atoms with van der Waals surface area (Å²) in [7, 11) is 0. The van der Waals surface area contributed by atoms with E-state index in [1.165, 1.54) is 0 Å². The number of hydrogen-bond acceptors (Lipinski definition) is 3. The molecule has 0 bridgehead atoms. The Morgan fingerprint density at radius 1 is 1.20 bits per heavy atom. The van der Waals surface area contributed by atoms with Gasteiger partial charge in [-0.15, -0.1) is 0 Å². The number of nitrogens with one attached hydrogen (secondary N) is 2. The lowest BCUT2D eigenvalue weighted by Gasteiger charge is -2.30. The average Bonchev–Trinajstić information content (AvgIpc) is 2.53. The number of carbonyl (C=O) groups excluding carboxylic acids is 2. The van der Waals surface area contributed by atoms with Crippen molar-refractivity contribution < 1.29 is 19.5 Å². The van der Waals surface area contributed by atoms with Gasteiger partial charge in [0.05, 0.1) is 0 Å². The highest BCUT2D eigenvalue weighted by atomic mass is 16.4. The van der Waals surface area contributed by atoms with E-state index in [9.17, 15) is 19.5 Å². The van der Waals surface area contributed by atoms with Gasteiger partial charge in [0, 0.05) is 12.5 Å². The molecule has 0 aromatic carbocycles. The minimum atomic E-state index is -1.20. The highest BCUT2D eigenvalue weighted by Crippen LogP contribution is 2.27. The third kappa shape index (κ3) is 4.71. The van der Waals surface area contributed by atoms with E-state index in [0.29, 0.717) is 12.8 Å². The normalized spacial score (nSPS) is 19.4. The molecule has 0 spiro atoms. The Labute approximate surface area is 118 Å². The summed E-state index contributed by atoms with van der Waals surface area (Å²) in [5.74, 6) is -1.52. The zero-order valence-electron chi connectivity index (χ0n) is 11.8. The summed E-state index contributed by atoms with van der Waals surface area (Å²) in [4.78, 5) is 34.2. The Kier molecular flexibility index (Phi) is 5.79. The van der Waals surface area contributed by atoms with E-state index in [-0.39, 0.29) is 6.42 Å². The molecule has 7 heteroatoms. The summed E-state index contributed by atoms with van der Waals surface area (Å²) in [6, 6.07) is -0.993. The molecule has 1 rings (SSSR count). The standard InChI is InChI=1S/C13H23N3O4/c1-9(8-10(14)17)15-12(20)16-13(11(18)19)6-4-2-3-5-7-13/h9H,2-8H2,1H3,(H2,14,17)(H,18,19)(H2,15,16,20). The molecule has 1 fully saturated rings. The van der Waals surface area contributed by atoms with Gasteiger partial charge in [-0.05, 0) is 19.8 Å². The number of carbonyl (C=O) groups is 3. The number of rotatable bonds is 5. The smallest absolute Gasteiger partial charge is 0.329 e. The summed E-state index contributed by atoms with van der Waals surface area (Å²) in [6.07, 6.45) is 4.41. The quantitative estimate of drug-likeness (QED) is 0.556. The molecule has 20 heavy (non-hydrogen) atoms. The van der Waals surface area contributed by atoms with E-state index >= 15 is 0 Å². The molecule has 1 atom stereocenters. The Hall–Kier alpha value is -1.79. The molecule has 114 valence electrons. The van der Waals surface area contributed by atoms with Crippen LogP contribution in [0.3, 0.4) is 0 Å². The molecule has 1 aliphatic rings. The molecule has 0 aromatic rings. The largest absolute Gasteiger partial charge is 0.480 e. The number of carboxylic acid groups (broad SMARTS) is 1. The van der Waals surface area contributed by atoms with Gasteiger partial charge in [-0.2, -0.15) is 0 Å². The summed E-state index contributed by atoms with van der Waals surface area (Å²) in [5.41, 5.74) is 3.84. The minimum Gasteiger partial charge on any atom is -0.480 e. The van der Waals surface area contributed by atoms with Gasteiger partial charge in [0.1, 0.15) is 5.54 Å². The lowest BCUT2D eigenvalue weighted by Crippen LogP contribution is -2.58. The number of aliphatic carboxylic acids is 1. The topological polar surface area (TPSA) is 122 Å². The second kappa shape index (κ2) is 7.12. The molecule has 0 aromatic heterocycles. The number of amides is 3. The molecule has 0 heterocycles. The van der Waals surface area contributed by atoms with Crippen LogP contribution in [0.4, 0.5) is 4.79 Å². The van der Waals surface area contributed by atoms with Gasteiger partial charge >= 0.3 is 12.0 Å². The second-order valence-electron chi connectivity index (χ2n) is 5.47. The maximum absolute atomic E-state index is 11.9. The summed E-state index contributed by atoms with van der Waals surface area (Å²) in [6.45, 7) is 1.64. The fourth-order valence-electron chi connectivity index (χ4n) is 2.55. The Bertz CT molecular complexity index is 376. The number of carboxylic acids is 1. The van der Waals surface area contributed by atoms with E-state index in [4.69, 9.17) is 5.73 Å². The van der Waals surface area contributed by atoms with Crippen molar-refractivity contribution in [2.24, 2.45) is 5.73 Å². The first-order valence-corrected chi connectivity index (χ1v) is 6.96. The van der Waals surface area contributed by atoms with E-state index in [1.54, 1.807) is 6.92 Å². The molecule has 1 saturated carbocycles. The van der Waals surface area contributed by atoms with Crippen LogP contribution >= 0.6 is 0 Å². The van der Waals surface area contributed by atoms with Crippen molar-refractivity contribution in [2.45, 2.75) is 63.5 Å². The number of urea groups is 1. The second-order valence-corrected chi connectivity index (χ2v) is 5.47. The van der Waals surface area contributed by atoms with Crippen LogP contribution in [0.25, 0.3) is 0 Å². The van der Waals surface area contributed by atoms with Crippen LogP contribution in [0.2, 0.25) is 0 Å². The first-order valence-electron chi connectivity index (χ1n) is 6.96. The molecule has 3 amide bonds. The molecular formula is C13H23N3O4. The van der Waals surface area contributed by atoms with Crippen LogP contribution in [0.1, 0.15) is 51.9 Å².